The van der Waals surface area contributed by atoms with Crippen molar-refractivity contribution in [1.82, 2.24) is 5.06 Å². The summed E-state index contributed by atoms with van der Waals surface area (Å²) in [4.78, 5) is 0. The summed E-state index contributed by atoms with van der Waals surface area (Å²) < 4.78 is 23.2. The molecule has 0 radical (unpaired) electrons. The van der Waals surface area contributed by atoms with Crippen LogP contribution in [0.3, 0.4) is 0 Å². The Bertz CT molecular complexity index is 380. The molecule has 0 aromatic heterocycles. The molecule has 100 valence electrons. The first-order valence-electron chi connectivity index (χ1n) is 5.85. The van der Waals surface area contributed by atoms with E-state index in [0.717, 1.165) is 5.41 Å². The Labute approximate surface area is 104 Å². The molecule has 0 spiro atoms. The fourth-order valence-corrected chi connectivity index (χ4v) is 4.02. The summed E-state index contributed by atoms with van der Waals surface area (Å²) in [6.45, 7) is 11.1. The molecule has 0 aliphatic carbocycles. The summed E-state index contributed by atoms with van der Waals surface area (Å²) in [5, 5.41) is 12.5. The fourth-order valence-electron chi connectivity index (χ4n) is 2.99. The number of hydroxylamine groups is 2. The summed E-state index contributed by atoms with van der Waals surface area (Å²) in [6, 6.07) is 0. The Morgan fingerprint density at radius 2 is 1.71 bits per heavy atom. The highest BCUT2D eigenvalue weighted by atomic mass is 32.2. The molecule has 0 bridgehead atoms. The van der Waals surface area contributed by atoms with Crippen molar-refractivity contribution in [3.63, 3.8) is 0 Å². The maximum absolute atomic E-state index is 11.6. The minimum Gasteiger partial charge on any atom is -0.313 e. The van der Waals surface area contributed by atoms with Crippen LogP contribution in [0.25, 0.3) is 0 Å². The van der Waals surface area contributed by atoms with Gasteiger partial charge in [0, 0.05) is 16.5 Å². The summed E-state index contributed by atoms with van der Waals surface area (Å²) in [6.07, 6.45) is 1.33. The van der Waals surface area contributed by atoms with Crippen molar-refractivity contribution >= 4 is 9.84 Å². The monoisotopic (exact) mass is 261 g/mol. The Morgan fingerprint density at radius 3 is 2.06 bits per heavy atom. The van der Waals surface area contributed by atoms with Crippen molar-refractivity contribution < 1.29 is 13.6 Å². The van der Waals surface area contributed by atoms with Crippen LogP contribution in [-0.4, -0.2) is 35.5 Å². The van der Waals surface area contributed by atoms with Gasteiger partial charge in [-0.05, 0) is 46.5 Å². The zero-order valence-corrected chi connectivity index (χ0v) is 11.9. The molecule has 0 atom stereocenters. The minimum atomic E-state index is -3.17. The van der Waals surface area contributed by atoms with Crippen molar-refractivity contribution in [2.45, 2.75) is 51.6 Å². The third-order valence-electron chi connectivity index (χ3n) is 3.45. The van der Waals surface area contributed by atoms with Gasteiger partial charge in [-0.1, -0.05) is 6.58 Å². The van der Waals surface area contributed by atoms with E-state index in [1.165, 1.54) is 5.06 Å². The van der Waals surface area contributed by atoms with Crippen LogP contribution in [0.15, 0.2) is 12.0 Å². The fraction of sp³-hybridized carbons (Fsp3) is 0.833. The van der Waals surface area contributed by atoms with Crippen LogP contribution in [0, 0.1) is 5.92 Å². The van der Waals surface area contributed by atoms with Crippen molar-refractivity contribution in [3.05, 3.63) is 12.0 Å². The van der Waals surface area contributed by atoms with Gasteiger partial charge in [-0.15, -0.1) is 0 Å². The first-order chi connectivity index (χ1) is 7.50. The van der Waals surface area contributed by atoms with Crippen LogP contribution < -0.4 is 0 Å². The third-order valence-corrected chi connectivity index (χ3v) is 4.89. The predicted octanol–water partition coefficient (Wildman–Crippen LogP) is 2.20. The summed E-state index contributed by atoms with van der Waals surface area (Å²) >= 11 is 0. The zero-order chi connectivity index (χ0) is 13.5. The van der Waals surface area contributed by atoms with E-state index in [1.807, 2.05) is 27.7 Å². The van der Waals surface area contributed by atoms with Gasteiger partial charge in [0.1, 0.15) is 0 Å². The SMILES string of the molecule is C=CS(=O)(=O)CC1CC(C)(C)N(O)C(C)(C)C1. The van der Waals surface area contributed by atoms with Gasteiger partial charge < -0.3 is 5.21 Å². The summed E-state index contributed by atoms with van der Waals surface area (Å²) in [5.41, 5.74) is -0.799. The van der Waals surface area contributed by atoms with Gasteiger partial charge in [-0.2, -0.15) is 5.06 Å². The number of sulfone groups is 1. The molecular formula is C12H23NO3S. The molecule has 1 aliphatic heterocycles. The molecule has 0 unspecified atom stereocenters. The van der Waals surface area contributed by atoms with E-state index >= 15 is 0 Å². The average molecular weight is 261 g/mol. The Kier molecular flexibility index (Phi) is 3.77. The van der Waals surface area contributed by atoms with Gasteiger partial charge >= 0.3 is 0 Å². The molecule has 0 saturated carbocycles. The molecule has 0 amide bonds. The molecule has 0 aromatic carbocycles. The molecule has 1 aliphatic rings. The molecule has 4 nitrogen and oxygen atoms in total. The molecule has 1 heterocycles. The highest BCUT2D eigenvalue weighted by molar-refractivity contribution is 7.94. The number of rotatable bonds is 3. The van der Waals surface area contributed by atoms with Crippen molar-refractivity contribution in [2.24, 2.45) is 5.92 Å². The van der Waals surface area contributed by atoms with E-state index in [9.17, 15) is 13.6 Å². The van der Waals surface area contributed by atoms with Crippen molar-refractivity contribution in [3.8, 4) is 0 Å². The zero-order valence-electron chi connectivity index (χ0n) is 11.1. The van der Waals surface area contributed by atoms with E-state index < -0.39 is 20.9 Å². The van der Waals surface area contributed by atoms with E-state index in [4.69, 9.17) is 0 Å². The second-order valence-corrected chi connectivity index (χ2v) is 8.20. The number of piperidine rings is 1. The van der Waals surface area contributed by atoms with E-state index in [0.29, 0.717) is 12.8 Å². The molecule has 1 fully saturated rings. The van der Waals surface area contributed by atoms with Gasteiger partial charge in [0.05, 0.1) is 5.75 Å². The van der Waals surface area contributed by atoms with Crippen LogP contribution in [0.1, 0.15) is 40.5 Å². The number of hydrogen-bond acceptors (Lipinski definition) is 4. The average Bonchev–Trinajstić information content (AvgIpc) is 2.12. The lowest BCUT2D eigenvalue weighted by atomic mass is 9.76. The van der Waals surface area contributed by atoms with Gasteiger partial charge in [0.25, 0.3) is 0 Å². The lowest BCUT2D eigenvalue weighted by molar-refractivity contribution is -0.249. The molecule has 1 saturated heterocycles. The first-order valence-corrected chi connectivity index (χ1v) is 7.56. The summed E-state index contributed by atoms with van der Waals surface area (Å²) in [5.74, 6) is 0.184. The van der Waals surface area contributed by atoms with E-state index in [1.54, 1.807) is 0 Å². The highest BCUT2D eigenvalue weighted by Crippen LogP contribution is 2.40. The van der Waals surface area contributed by atoms with Gasteiger partial charge in [0.15, 0.2) is 9.84 Å². The van der Waals surface area contributed by atoms with Crippen molar-refractivity contribution in [2.75, 3.05) is 5.75 Å². The topological polar surface area (TPSA) is 57.6 Å². The predicted molar refractivity (Wildman–Crippen MR) is 68.5 cm³/mol. The van der Waals surface area contributed by atoms with Crippen LogP contribution in [0.2, 0.25) is 0 Å². The van der Waals surface area contributed by atoms with Crippen LogP contribution in [0.4, 0.5) is 0 Å². The van der Waals surface area contributed by atoms with Crippen molar-refractivity contribution in [1.29, 1.82) is 0 Å². The molecule has 1 N–H and O–H groups in total. The van der Waals surface area contributed by atoms with Crippen LogP contribution >= 0.6 is 0 Å². The van der Waals surface area contributed by atoms with E-state index in [2.05, 4.69) is 6.58 Å². The molecular weight excluding hydrogens is 238 g/mol. The van der Waals surface area contributed by atoms with E-state index in [-0.39, 0.29) is 11.7 Å². The van der Waals surface area contributed by atoms with Crippen LogP contribution in [0.5, 0.6) is 0 Å². The molecule has 1 rings (SSSR count). The maximum atomic E-state index is 11.6. The number of nitrogens with zero attached hydrogens (tertiary/aromatic N) is 1. The third kappa shape index (κ3) is 3.30. The minimum absolute atomic E-state index is 0.0615. The lowest BCUT2D eigenvalue weighted by Gasteiger charge is -2.51. The van der Waals surface area contributed by atoms with Crippen LogP contribution in [-0.2, 0) is 9.84 Å². The normalized spacial score (nSPS) is 25.7. The van der Waals surface area contributed by atoms with Gasteiger partial charge in [-0.25, -0.2) is 8.42 Å². The maximum Gasteiger partial charge on any atom is 0.171 e. The number of hydrogen-bond donors (Lipinski definition) is 1. The largest absolute Gasteiger partial charge is 0.313 e. The molecule has 0 aromatic rings. The standard InChI is InChI=1S/C12H23NO3S/c1-6-17(15,16)9-10-7-11(2,3)13(14)12(4,5)8-10/h6,10,14H,1,7-9H2,2-5H3. The Morgan fingerprint density at radius 1 is 1.29 bits per heavy atom. The Hall–Kier alpha value is -0.390. The smallest absolute Gasteiger partial charge is 0.171 e. The van der Waals surface area contributed by atoms with Gasteiger partial charge in [-0.3, -0.25) is 0 Å². The summed E-state index contributed by atoms with van der Waals surface area (Å²) in [7, 11) is -3.17. The molecule has 5 heteroatoms. The second kappa shape index (κ2) is 4.37. The van der Waals surface area contributed by atoms with Gasteiger partial charge in [0.2, 0.25) is 0 Å². The quantitative estimate of drug-likeness (QED) is 0.846. The highest BCUT2D eigenvalue weighted by Gasteiger charge is 2.45. The Balaban J connectivity index is 2.89. The first kappa shape index (κ1) is 14.7. The lowest BCUT2D eigenvalue weighted by Crippen LogP contribution is -2.59. The second-order valence-electron chi connectivity index (χ2n) is 6.21. The molecule has 17 heavy (non-hydrogen) atoms.